The van der Waals surface area contributed by atoms with Gasteiger partial charge < -0.3 is 24.8 Å². The SMILES string of the molecule is CC(C)(CO)C(=O)N1CCC(Oc2nc3nc(-c4c(F)cc(C5=CCC(C(=O)O)CC5)cc4F)ccc3[nH]2)CC1. The number of nitrogens with zero attached hydrogens (tertiary/aromatic N) is 3. The van der Waals surface area contributed by atoms with Crippen LogP contribution in [0.3, 0.4) is 0 Å². The maximum atomic E-state index is 15.2. The van der Waals surface area contributed by atoms with Gasteiger partial charge in [0.1, 0.15) is 17.7 Å². The van der Waals surface area contributed by atoms with Crippen molar-refractivity contribution >= 4 is 28.6 Å². The third kappa shape index (κ3) is 5.56. The van der Waals surface area contributed by atoms with E-state index in [2.05, 4.69) is 15.0 Å². The van der Waals surface area contributed by atoms with Crippen LogP contribution < -0.4 is 4.74 Å². The monoisotopic (exact) mass is 554 g/mol. The molecule has 3 aromatic rings. The summed E-state index contributed by atoms with van der Waals surface area (Å²) in [5.41, 5.74) is 0.927. The van der Waals surface area contributed by atoms with E-state index in [0.29, 0.717) is 56.3 Å². The number of likely N-dealkylation sites (tertiary alicyclic amines) is 1. The number of carbonyl (C=O) groups excluding carboxylic acids is 1. The maximum absolute atomic E-state index is 15.2. The first-order valence-electron chi connectivity index (χ1n) is 13.4. The Hall–Kier alpha value is -3.86. The van der Waals surface area contributed by atoms with Gasteiger partial charge in [0.2, 0.25) is 5.91 Å². The Morgan fingerprint density at radius 2 is 1.82 bits per heavy atom. The second-order valence-electron chi connectivity index (χ2n) is 11.1. The molecular weight excluding hydrogens is 522 g/mol. The van der Waals surface area contributed by atoms with Crippen molar-refractivity contribution in [1.29, 1.82) is 0 Å². The molecule has 0 spiro atoms. The molecule has 0 bridgehead atoms. The zero-order valence-corrected chi connectivity index (χ0v) is 22.4. The summed E-state index contributed by atoms with van der Waals surface area (Å²) in [5.74, 6) is -2.96. The third-order valence-electron chi connectivity index (χ3n) is 7.74. The lowest BCUT2D eigenvalue weighted by Gasteiger charge is -2.36. The minimum atomic E-state index is -0.864. The van der Waals surface area contributed by atoms with Gasteiger partial charge in [0.15, 0.2) is 5.65 Å². The number of benzene rings is 1. The first-order valence-corrected chi connectivity index (χ1v) is 13.4. The molecule has 1 unspecified atom stereocenters. The fourth-order valence-corrected chi connectivity index (χ4v) is 5.22. The lowest BCUT2D eigenvalue weighted by atomic mass is 9.86. The van der Waals surface area contributed by atoms with Gasteiger partial charge in [0.05, 0.1) is 34.7 Å². The molecule has 40 heavy (non-hydrogen) atoms. The van der Waals surface area contributed by atoms with Crippen LogP contribution in [-0.4, -0.2) is 67.7 Å². The number of amides is 1. The fraction of sp³-hybridized carbons (Fsp3) is 0.448. The highest BCUT2D eigenvalue weighted by molar-refractivity contribution is 5.82. The summed E-state index contributed by atoms with van der Waals surface area (Å²) in [6.45, 7) is 4.21. The molecule has 1 atom stereocenters. The molecular formula is C29H32F2N4O5. The van der Waals surface area contributed by atoms with Crippen LogP contribution in [0.4, 0.5) is 8.78 Å². The summed E-state index contributed by atoms with van der Waals surface area (Å²) in [6.07, 6.45) is 3.94. The molecule has 1 aliphatic carbocycles. The number of imidazole rings is 1. The molecule has 1 saturated heterocycles. The molecule has 1 fully saturated rings. The predicted octanol–water partition coefficient (Wildman–Crippen LogP) is 4.56. The summed E-state index contributed by atoms with van der Waals surface area (Å²) in [7, 11) is 0. The highest BCUT2D eigenvalue weighted by atomic mass is 19.1. The number of hydrogen-bond donors (Lipinski definition) is 3. The molecule has 3 N–H and O–H groups in total. The van der Waals surface area contributed by atoms with Crippen LogP contribution in [0, 0.1) is 23.0 Å². The molecule has 212 valence electrons. The molecule has 1 aromatic carbocycles. The van der Waals surface area contributed by atoms with Crippen LogP contribution >= 0.6 is 0 Å². The zero-order chi connectivity index (χ0) is 28.6. The molecule has 0 saturated carbocycles. The average molecular weight is 555 g/mol. The van der Waals surface area contributed by atoms with Gasteiger partial charge in [-0.05, 0) is 68.5 Å². The second-order valence-corrected chi connectivity index (χ2v) is 11.1. The summed E-state index contributed by atoms with van der Waals surface area (Å²) in [6, 6.07) is 5.90. The highest BCUT2D eigenvalue weighted by Gasteiger charge is 2.34. The fourth-order valence-electron chi connectivity index (χ4n) is 5.22. The molecule has 0 radical (unpaired) electrons. The minimum Gasteiger partial charge on any atom is -0.481 e. The number of aliphatic carboxylic acids is 1. The van der Waals surface area contributed by atoms with Crippen LogP contribution in [0.5, 0.6) is 6.01 Å². The summed E-state index contributed by atoms with van der Waals surface area (Å²) in [5, 5.41) is 18.6. The second kappa shape index (κ2) is 11.0. The molecule has 2 aromatic heterocycles. The molecule has 2 aliphatic rings. The Balaban J connectivity index is 1.28. The number of fused-ring (bicyclic) bond motifs is 1. The van der Waals surface area contributed by atoms with Crippen molar-refractivity contribution in [3.63, 3.8) is 0 Å². The van der Waals surface area contributed by atoms with Crippen LogP contribution in [0.25, 0.3) is 28.0 Å². The summed E-state index contributed by atoms with van der Waals surface area (Å²) >= 11 is 0. The molecule has 5 rings (SSSR count). The van der Waals surface area contributed by atoms with E-state index in [4.69, 9.17) is 4.74 Å². The van der Waals surface area contributed by atoms with Crippen molar-refractivity contribution in [1.82, 2.24) is 19.9 Å². The zero-order valence-electron chi connectivity index (χ0n) is 22.4. The number of halogens is 2. The number of piperidine rings is 1. The highest BCUT2D eigenvalue weighted by Crippen LogP contribution is 2.34. The number of aromatic nitrogens is 3. The van der Waals surface area contributed by atoms with E-state index < -0.39 is 28.9 Å². The van der Waals surface area contributed by atoms with Crippen molar-refractivity contribution in [3.05, 3.63) is 47.5 Å². The first kappa shape index (κ1) is 27.7. The van der Waals surface area contributed by atoms with Crippen molar-refractivity contribution in [2.24, 2.45) is 11.3 Å². The number of ether oxygens (including phenoxy) is 1. The van der Waals surface area contributed by atoms with E-state index in [1.54, 1.807) is 30.9 Å². The molecule has 11 heteroatoms. The van der Waals surface area contributed by atoms with E-state index >= 15 is 8.78 Å². The Morgan fingerprint density at radius 1 is 1.12 bits per heavy atom. The average Bonchev–Trinajstić information content (AvgIpc) is 3.34. The molecule has 1 aliphatic heterocycles. The molecule has 3 heterocycles. The smallest absolute Gasteiger partial charge is 0.306 e. The topological polar surface area (TPSA) is 129 Å². The predicted molar refractivity (Wildman–Crippen MR) is 143 cm³/mol. The number of rotatable bonds is 7. The van der Waals surface area contributed by atoms with E-state index in [-0.39, 0.29) is 41.5 Å². The van der Waals surface area contributed by atoms with Crippen LogP contribution in [0.2, 0.25) is 0 Å². The number of aliphatic hydroxyl groups is 1. The minimum absolute atomic E-state index is 0.0917. The van der Waals surface area contributed by atoms with Crippen LogP contribution in [-0.2, 0) is 9.59 Å². The van der Waals surface area contributed by atoms with Crippen LogP contribution in [0.15, 0.2) is 30.3 Å². The number of H-pyrrole nitrogens is 1. The van der Waals surface area contributed by atoms with Gasteiger partial charge in [-0.25, -0.2) is 13.8 Å². The first-order chi connectivity index (χ1) is 19.1. The maximum Gasteiger partial charge on any atom is 0.306 e. The molecule has 9 nitrogen and oxygen atoms in total. The van der Waals surface area contributed by atoms with E-state index in [0.717, 1.165) is 5.57 Å². The lowest BCUT2D eigenvalue weighted by Crippen LogP contribution is -2.48. The van der Waals surface area contributed by atoms with Crippen LogP contribution in [0.1, 0.15) is 51.5 Å². The van der Waals surface area contributed by atoms with Gasteiger partial charge in [-0.1, -0.05) is 6.08 Å². The quantitative estimate of drug-likeness (QED) is 0.391. The number of carboxylic acid groups (broad SMARTS) is 1. The van der Waals surface area contributed by atoms with Crippen molar-refractivity contribution in [3.8, 4) is 17.3 Å². The Morgan fingerprint density at radius 3 is 2.42 bits per heavy atom. The largest absolute Gasteiger partial charge is 0.481 e. The van der Waals surface area contributed by atoms with Crippen molar-refractivity contribution < 1.29 is 33.3 Å². The third-order valence-corrected chi connectivity index (χ3v) is 7.74. The van der Waals surface area contributed by atoms with E-state index in [9.17, 15) is 19.8 Å². The van der Waals surface area contributed by atoms with Gasteiger partial charge in [0.25, 0.3) is 6.01 Å². The Bertz CT molecular complexity index is 1450. The summed E-state index contributed by atoms with van der Waals surface area (Å²) in [4.78, 5) is 37.3. The number of carbonyl (C=O) groups is 2. The van der Waals surface area contributed by atoms with Gasteiger partial charge >= 0.3 is 5.97 Å². The molecule has 1 amide bonds. The number of carboxylic acids is 1. The van der Waals surface area contributed by atoms with Crippen molar-refractivity contribution in [2.75, 3.05) is 19.7 Å². The summed E-state index contributed by atoms with van der Waals surface area (Å²) < 4.78 is 36.3. The normalized spacial score (nSPS) is 18.6. The van der Waals surface area contributed by atoms with E-state index in [1.165, 1.54) is 18.2 Å². The Labute approximate surface area is 229 Å². The number of hydrogen-bond acceptors (Lipinski definition) is 6. The Kier molecular flexibility index (Phi) is 7.59. The number of aromatic amines is 1. The number of allylic oxidation sites excluding steroid dienone is 2. The van der Waals surface area contributed by atoms with Gasteiger partial charge in [-0.3, -0.25) is 9.59 Å². The number of aliphatic hydroxyl groups excluding tert-OH is 1. The number of pyridine rings is 1. The van der Waals surface area contributed by atoms with Gasteiger partial charge in [0, 0.05) is 25.9 Å². The van der Waals surface area contributed by atoms with Gasteiger partial charge in [-0.15, -0.1) is 0 Å². The van der Waals surface area contributed by atoms with Gasteiger partial charge in [-0.2, -0.15) is 4.98 Å². The standard InChI is InChI=1S/C29H32F2N4O5/c1-29(2,15-36)27(39)35-11-9-19(10-12-35)40-28-33-23-8-7-22(32-25(23)34-28)24-20(30)13-18(14-21(24)31)16-3-5-17(6-4-16)26(37)38/h3,7-8,13-14,17,19,36H,4-6,9-12,15H2,1-2H3,(H,37,38)(H,32,33,34). The van der Waals surface area contributed by atoms with E-state index in [1.807, 2.05) is 0 Å². The van der Waals surface area contributed by atoms with Crippen molar-refractivity contribution in [2.45, 2.75) is 52.1 Å². The lowest BCUT2D eigenvalue weighted by molar-refractivity contribution is -0.144. The number of nitrogens with one attached hydrogen (secondary N) is 1.